The molecule has 1 amide bonds. The quantitative estimate of drug-likeness (QED) is 0.847. The normalized spacial score (nSPS) is 23.0. The summed E-state index contributed by atoms with van der Waals surface area (Å²) in [5.41, 5.74) is 2.56. The van der Waals surface area contributed by atoms with E-state index in [2.05, 4.69) is 33.4 Å². The summed E-state index contributed by atoms with van der Waals surface area (Å²) in [6.45, 7) is 3.53. The third kappa shape index (κ3) is 2.68. The highest BCUT2D eigenvalue weighted by Crippen LogP contribution is 2.27. The van der Waals surface area contributed by atoms with Crippen molar-refractivity contribution in [2.24, 2.45) is 0 Å². The van der Waals surface area contributed by atoms with Crippen molar-refractivity contribution in [1.29, 1.82) is 0 Å². The highest BCUT2D eigenvalue weighted by molar-refractivity contribution is 9.10. The van der Waals surface area contributed by atoms with E-state index in [4.69, 9.17) is 4.74 Å². The van der Waals surface area contributed by atoms with Gasteiger partial charge >= 0.3 is 0 Å². The lowest BCUT2D eigenvalue weighted by Crippen LogP contribution is -2.50. The van der Waals surface area contributed by atoms with Crippen LogP contribution in [0.5, 0.6) is 0 Å². The Bertz CT molecular complexity index is 486. The number of nitrogens with zero attached hydrogens (tertiary/aromatic N) is 1. The minimum atomic E-state index is -0.321. The largest absolute Gasteiger partial charge is 0.366 e. The van der Waals surface area contributed by atoms with E-state index in [1.807, 2.05) is 11.0 Å². The van der Waals surface area contributed by atoms with Gasteiger partial charge in [-0.3, -0.25) is 4.79 Å². The van der Waals surface area contributed by atoms with Crippen molar-refractivity contribution in [3.05, 3.63) is 33.8 Å². The summed E-state index contributed by atoms with van der Waals surface area (Å²) in [4.78, 5) is 14.3. The molecule has 0 radical (unpaired) electrons. The number of carbonyl (C=O) groups excluding carboxylic acids is 1. The summed E-state index contributed by atoms with van der Waals surface area (Å²) in [6, 6.07) is 6.22. The molecule has 1 saturated heterocycles. The molecule has 5 heteroatoms. The molecule has 0 spiro atoms. The Morgan fingerprint density at radius 1 is 1.47 bits per heavy atom. The molecule has 1 unspecified atom stereocenters. The third-order valence-corrected chi connectivity index (χ3v) is 4.47. The van der Waals surface area contributed by atoms with Gasteiger partial charge in [0.1, 0.15) is 6.10 Å². The van der Waals surface area contributed by atoms with Crippen LogP contribution in [0.25, 0.3) is 0 Å². The fraction of sp³-hybridized carbons (Fsp3) is 0.500. The minimum absolute atomic E-state index is 0.105. The molecule has 1 aromatic rings. The molecule has 19 heavy (non-hydrogen) atoms. The van der Waals surface area contributed by atoms with Crippen LogP contribution in [0.4, 0.5) is 0 Å². The third-order valence-electron chi connectivity index (χ3n) is 3.73. The van der Waals surface area contributed by atoms with Crippen LogP contribution in [-0.4, -0.2) is 43.2 Å². The Morgan fingerprint density at radius 2 is 2.37 bits per heavy atom. The number of amides is 1. The smallest absolute Gasteiger partial charge is 0.253 e. The van der Waals surface area contributed by atoms with Crippen LogP contribution >= 0.6 is 15.9 Å². The topological polar surface area (TPSA) is 41.6 Å². The number of morpholine rings is 1. The Morgan fingerprint density at radius 3 is 3.16 bits per heavy atom. The van der Waals surface area contributed by atoms with Gasteiger partial charge in [0.15, 0.2) is 0 Å². The lowest BCUT2D eigenvalue weighted by atomic mass is 9.99. The van der Waals surface area contributed by atoms with Crippen LogP contribution in [-0.2, 0) is 22.5 Å². The second-order valence-corrected chi connectivity index (χ2v) is 5.81. The van der Waals surface area contributed by atoms with Crippen molar-refractivity contribution in [2.75, 3.05) is 26.2 Å². The molecule has 2 aliphatic rings. The number of hydrogen-bond acceptors (Lipinski definition) is 3. The predicted octanol–water partition coefficient (Wildman–Crippen LogP) is 1.32. The highest BCUT2D eigenvalue weighted by Gasteiger charge is 2.29. The van der Waals surface area contributed by atoms with Crippen LogP contribution < -0.4 is 5.32 Å². The fourth-order valence-corrected chi connectivity index (χ4v) is 3.19. The van der Waals surface area contributed by atoms with Gasteiger partial charge in [0.25, 0.3) is 5.91 Å². The molecule has 0 bridgehead atoms. The molecule has 1 atom stereocenters. The fourth-order valence-electron chi connectivity index (χ4n) is 2.66. The summed E-state index contributed by atoms with van der Waals surface area (Å²) in [5.74, 6) is 0.105. The molecule has 2 aliphatic heterocycles. The molecular formula is C14H17BrN2O2. The zero-order valence-electron chi connectivity index (χ0n) is 10.7. The summed E-state index contributed by atoms with van der Waals surface area (Å²) in [6.07, 6.45) is 0.596. The van der Waals surface area contributed by atoms with Crippen LogP contribution in [0.1, 0.15) is 11.1 Å². The number of carbonyl (C=O) groups is 1. The standard InChI is InChI=1S/C14H17BrN2O2/c15-12-3-1-2-10-4-6-17(9-11(10)12)14(18)13-8-16-5-7-19-13/h1-3,13,16H,4-9H2. The SMILES string of the molecule is O=C(C1CNCCO1)N1CCc2cccc(Br)c2C1. The molecule has 102 valence electrons. The van der Waals surface area contributed by atoms with Gasteiger partial charge in [0.2, 0.25) is 0 Å². The first-order valence-electron chi connectivity index (χ1n) is 6.63. The van der Waals surface area contributed by atoms with Gasteiger partial charge in [-0.05, 0) is 23.6 Å². The van der Waals surface area contributed by atoms with Gasteiger partial charge in [-0.2, -0.15) is 0 Å². The second kappa shape index (κ2) is 5.61. The molecule has 3 rings (SSSR count). The zero-order chi connectivity index (χ0) is 13.2. The molecule has 0 saturated carbocycles. The van der Waals surface area contributed by atoms with E-state index < -0.39 is 0 Å². The first kappa shape index (κ1) is 13.1. The number of rotatable bonds is 1. The molecule has 1 N–H and O–H groups in total. The lowest BCUT2D eigenvalue weighted by Gasteiger charge is -2.33. The molecule has 2 heterocycles. The first-order valence-corrected chi connectivity index (χ1v) is 7.42. The maximum Gasteiger partial charge on any atom is 0.253 e. The van der Waals surface area contributed by atoms with Crippen LogP contribution in [0, 0.1) is 0 Å². The van der Waals surface area contributed by atoms with Crippen LogP contribution in [0.15, 0.2) is 22.7 Å². The Balaban J connectivity index is 1.74. The summed E-state index contributed by atoms with van der Waals surface area (Å²) < 4.78 is 6.63. The van der Waals surface area contributed by atoms with Gasteiger partial charge < -0.3 is 15.0 Å². The molecular weight excluding hydrogens is 308 g/mol. The van der Waals surface area contributed by atoms with Gasteiger partial charge in [-0.1, -0.05) is 28.1 Å². The van der Waals surface area contributed by atoms with Crippen molar-refractivity contribution in [3.8, 4) is 0 Å². The van der Waals surface area contributed by atoms with Gasteiger partial charge in [0, 0.05) is 30.7 Å². The summed E-state index contributed by atoms with van der Waals surface area (Å²) >= 11 is 3.57. The average molecular weight is 325 g/mol. The zero-order valence-corrected chi connectivity index (χ0v) is 12.3. The van der Waals surface area contributed by atoms with E-state index in [0.29, 0.717) is 19.7 Å². The predicted molar refractivity (Wildman–Crippen MR) is 75.9 cm³/mol. The summed E-state index contributed by atoms with van der Waals surface area (Å²) in [7, 11) is 0. The van der Waals surface area contributed by atoms with E-state index in [-0.39, 0.29) is 12.0 Å². The van der Waals surface area contributed by atoms with Crippen molar-refractivity contribution < 1.29 is 9.53 Å². The number of ether oxygens (including phenoxy) is 1. The number of hydrogen-bond donors (Lipinski definition) is 1. The van der Waals surface area contributed by atoms with Crippen molar-refractivity contribution in [2.45, 2.75) is 19.1 Å². The van der Waals surface area contributed by atoms with E-state index in [9.17, 15) is 4.79 Å². The monoisotopic (exact) mass is 324 g/mol. The van der Waals surface area contributed by atoms with Gasteiger partial charge in [0.05, 0.1) is 6.61 Å². The number of nitrogens with one attached hydrogen (secondary N) is 1. The molecule has 0 aromatic heterocycles. The number of fused-ring (bicyclic) bond motifs is 1. The van der Waals surface area contributed by atoms with Crippen LogP contribution in [0.2, 0.25) is 0 Å². The van der Waals surface area contributed by atoms with Gasteiger partial charge in [-0.25, -0.2) is 0 Å². The molecule has 1 fully saturated rings. The van der Waals surface area contributed by atoms with Crippen molar-refractivity contribution >= 4 is 21.8 Å². The Kier molecular flexibility index (Phi) is 3.86. The van der Waals surface area contributed by atoms with Crippen molar-refractivity contribution in [1.82, 2.24) is 10.2 Å². The van der Waals surface area contributed by atoms with E-state index >= 15 is 0 Å². The second-order valence-electron chi connectivity index (χ2n) is 4.95. The number of halogens is 1. The maximum absolute atomic E-state index is 12.4. The minimum Gasteiger partial charge on any atom is -0.366 e. The summed E-state index contributed by atoms with van der Waals surface area (Å²) in [5, 5.41) is 3.20. The van der Waals surface area contributed by atoms with Crippen LogP contribution in [0.3, 0.4) is 0 Å². The Labute approximate surface area is 121 Å². The van der Waals surface area contributed by atoms with E-state index in [0.717, 1.165) is 24.0 Å². The van der Waals surface area contributed by atoms with Crippen molar-refractivity contribution in [3.63, 3.8) is 0 Å². The molecule has 4 nitrogen and oxygen atoms in total. The Hall–Kier alpha value is -0.910. The first-order chi connectivity index (χ1) is 9.25. The molecule has 1 aromatic carbocycles. The lowest BCUT2D eigenvalue weighted by molar-refractivity contribution is -0.146. The average Bonchev–Trinajstić information content (AvgIpc) is 2.47. The van der Waals surface area contributed by atoms with Gasteiger partial charge in [-0.15, -0.1) is 0 Å². The highest BCUT2D eigenvalue weighted by atomic mass is 79.9. The van der Waals surface area contributed by atoms with E-state index in [1.165, 1.54) is 11.1 Å². The van der Waals surface area contributed by atoms with E-state index in [1.54, 1.807) is 0 Å². The maximum atomic E-state index is 12.4. The number of benzene rings is 1. The molecule has 0 aliphatic carbocycles.